The van der Waals surface area contributed by atoms with Gasteiger partial charge in [-0.2, -0.15) is 0 Å². The molecule has 0 bridgehead atoms. The third-order valence-electron chi connectivity index (χ3n) is 2.75. The monoisotopic (exact) mass is 323 g/mol. The molecule has 2 rings (SSSR count). The van der Waals surface area contributed by atoms with E-state index in [1.165, 1.54) is 12.1 Å². The maximum absolute atomic E-state index is 13.2. The van der Waals surface area contributed by atoms with Gasteiger partial charge in [-0.1, -0.05) is 33.6 Å². The third-order valence-corrected chi connectivity index (χ3v) is 3.21. The second kappa shape index (κ2) is 6.17. The molecule has 2 aromatic carbocycles. The Bertz CT molecular complexity index is 566. The van der Waals surface area contributed by atoms with E-state index < -0.39 is 0 Å². The minimum absolute atomic E-state index is 0.282. The van der Waals surface area contributed by atoms with Gasteiger partial charge in [0.25, 0.3) is 0 Å². The van der Waals surface area contributed by atoms with E-state index in [0.29, 0.717) is 17.6 Å². The van der Waals surface area contributed by atoms with Crippen molar-refractivity contribution in [1.29, 1.82) is 0 Å². The highest BCUT2D eigenvalue weighted by atomic mass is 79.9. The lowest BCUT2D eigenvalue weighted by atomic mass is 10.1. The van der Waals surface area contributed by atoms with E-state index >= 15 is 0 Å². The Balaban J connectivity index is 2.14. The number of halogens is 2. The van der Waals surface area contributed by atoms with Crippen LogP contribution in [0.2, 0.25) is 0 Å². The van der Waals surface area contributed by atoms with Crippen LogP contribution in [0.5, 0.6) is 5.75 Å². The van der Waals surface area contributed by atoms with Gasteiger partial charge in [-0.3, -0.25) is 0 Å². The van der Waals surface area contributed by atoms with Crippen molar-refractivity contribution >= 4 is 15.9 Å². The number of hydrogen-bond acceptors (Lipinski definition) is 2. The van der Waals surface area contributed by atoms with E-state index in [1.807, 2.05) is 31.2 Å². The van der Waals surface area contributed by atoms with Crippen LogP contribution in [0.25, 0.3) is 0 Å². The Morgan fingerprint density at radius 1 is 1.21 bits per heavy atom. The normalized spacial score (nSPS) is 10.5. The molecule has 0 fully saturated rings. The van der Waals surface area contributed by atoms with Gasteiger partial charge in [-0.15, -0.1) is 0 Å². The largest absolute Gasteiger partial charge is 0.489 e. The fourth-order valence-corrected chi connectivity index (χ4v) is 2.38. The van der Waals surface area contributed by atoms with Crippen LogP contribution in [0.1, 0.15) is 16.7 Å². The van der Waals surface area contributed by atoms with Crippen molar-refractivity contribution in [3.63, 3.8) is 0 Å². The number of nitrogens with two attached hydrogens (primary N) is 1. The second-order valence-corrected chi connectivity index (χ2v) is 5.30. The molecule has 0 saturated heterocycles. The van der Waals surface area contributed by atoms with Crippen LogP contribution in [0.4, 0.5) is 4.39 Å². The van der Waals surface area contributed by atoms with Gasteiger partial charge in [0.1, 0.15) is 18.2 Å². The fraction of sp³-hybridized carbons (Fsp3) is 0.200. The summed E-state index contributed by atoms with van der Waals surface area (Å²) in [7, 11) is 0. The molecule has 0 heterocycles. The molecule has 2 aromatic rings. The zero-order chi connectivity index (χ0) is 13.8. The number of aryl methyl sites for hydroxylation is 1. The SMILES string of the molecule is Cc1ccc(OCc2cc(F)cc(Br)c2)c(CN)c1. The van der Waals surface area contributed by atoms with Crippen LogP contribution in [-0.2, 0) is 13.2 Å². The molecule has 0 amide bonds. The topological polar surface area (TPSA) is 35.2 Å². The summed E-state index contributed by atoms with van der Waals surface area (Å²) in [4.78, 5) is 0. The molecule has 0 spiro atoms. The maximum Gasteiger partial charge on any atom is 0.124 e. The molecular weight excluding hydrogens is 309 g/mol. The van der Waals surface area contributed by atoms with Gasteiger partial charge in [-0.05, 0) is 36.8 Å². The third kappa shape index (κ3) is 3.78. The van der Waals surface area contributed by atoms with Crippen molar-refractivity contribution < 1.29 is 9.13 Å². The summed E-state index contributed by atoms with van der Waals surface area (Å²) < 4.78 is 19.7. The van der Waals surface area contributed by atoms with Gasteiger partial charge in [0.2, 0.25) is 0 Å². The van der Waals surface area contributed by atoms with E-state index in [1.54, 1.807) is 0 Å². The van der Waals surface area contributed by atoms with Crippen molar-refractivity contribution in [3.05, 3.63) is 63.4 Å². The molecule has 0 aliphatic carbocycles. The molecule has 19 heavy (non-hydrogen) atoms. The Morgan fingerprint density at radius 3 is 2.68 bits per heavy atom. The molecular formula is C15H15BrFNO. The summed E-state index contributed by atoms with van der Waals surface area (Å²) in [5, 5.41) is 0. The first-order valence-electron chi connectivity index (χ1n) is 5.96. The lowest BCUT2D eigenvalue weighted by molar-refractivity contribution is 0.302. The molecule has 0 aromatic heterocycles. The molecule has 0 radical (unpaired) electrons. The van der Waals surface area contributed by atoms with Crippen molar-refractivity contribution in [1.82, 2.24) is 0 Å². The predicted molar refractivity (Wildman–Crippen MR) is 77.5 cm³/mol. The average Bonchev–Trinajstić information content (AvgIpc) is 2.36. The zero-order valence-corrected chi connectivity index (χ0v) is 12.2. The van der Waals surface area contributed by atoms with Crippen molar-refractivity contribution in [2.24, 2.45) is 5.73 Å². The van der Waals surface area contributed by atoms with Gasteiger partial charge in [0.05, 0.1) is 0 Å². The van der Waals surface area contributed by atoms with Crippen molar-refractivity contribution in [3.8, 4) is 5.75 Å². The van der Waals surface area contributed by atoms with Crippen LogP contribution in [-0.4, -0.2) is 0 Å². The number of benzene rings is 2. The van der Waals surface area contributed by atoms with Gasteiger partial charge in [0.15, 0.2) is 0 Å². The van der Waals surface area contributed by atoms with E-state index in [2.05, 4.69) is 15.9 Å². The van der Waals surface area contributed by atoms with Crippen LogP contribution >= 0.6 is 15.9 Å². The van der Waals surface area contributed by atoms with E-state index in [0.717, 1.165) is 22.4 Å². The minimum atomic E-state index is -0.282. The number of rotatable bonds is 4. The summed E-state index contributed by atoms with van der Waals surface area (Å²) in [6.45, 7) is 2.74. The van der Waals surface area contributed by atoms with Crippen molar-refractivity contribution in [2.75, 3.05) is 0 Å². The smallest absolute Gasteiger partial charge is 0.124 e. The number of hydrogen-bond donors (Lipinski definition) is 1. The highest BCUT2D eigenvalue weighted by molar-refractivity contribution is 9.10. The van der Waals surface area contributed by atoms with Crippen LogP contribution in [0.3, 0.4) is 0 Å². The quantitative estimate of drug-likeness (QED) is 0.925. The summed E-state index contributed by atoms with van der Waals surface area (Å²) in [5.41, 5.74) is 8.56. The lowest BCUT2D eigenvalue weighted by Gasteiger charge is -2.11. The molecule has 2 N–H and O–H groups in total. The molecule has 100 valence electrons. The fourth-order valence-electron chi connectivity index (χ4n) is 1.86. The first kappa shape index (κ1) is 14.0. The first-order valence-corrected chi connectivity index (χ1v) is 6.75. The van der Waals surface area contributed by atoms with Crippen molar-refractivity contribution in [2.45, 2.75) is 20.1 Å². The van der Waals surface area contributed by atoms with Gasteiger partial charge in [0, 0.05) is 16.6 Å². The summed E-state index contributed by atoms with van der Waals surface area (Å²) in [6, 6.07) is 10.6. The molecule has 0 aliphatic rings. The van der Waals surface area contributed by atoms with Gasteiger partial charge >= 0.3 is 0 Å². The molecule has 4 heteroatoms. The Kier molecular flexibility index (Phi) is 4.56. The standard InChI is InChI=1S/C15H15BrFNO/c1-10-2-3-15(12(4-10)8-18)19-9-11-5-13(16)7-14(17)6-11/h2-7H,8-9,18H2,1H3. The number of ether oxygens (including phenoxy) is 1. The highest BCUT2D eigenvalue weighted by Crippen LogP contribution is 2.22. The summed E-state index contributed by atoms with van der Waals surface area (Å²) in [6.07, 6.45) is 0. The van der Waals surface area contributed by atoms with Crippen LogP contribution in [0, 0.1) is 12.7 Å². The molecule has 2 nitrogen and oxygen atoms in total. The zero-order valence-electron chi connectivity index (χ0n) is 10.6. The molecule has 0 saturated carbocycles. The van der Waals surface area contributed by atoms with Gasteiger partial charge < -0.3 is 10.5 Å². The lowest BCUT2D eigenvalue weighted by Crippen LogP contribution is -2.03. The molecule has 0 atom stereocenters. The van der Waals surface area contributed by atoms with E-state index in [4.69, 9.17) is 10.5 Å². The maximum atomic E-state index is 13.2. The van der Waals surface area contributed by atoms with Crippen LogP contribution < -0.4 is 10.5 Å². The Morgan fingerprint density at radius 2 is 2.00 bits per heavy atom. The first-order chi connectivity index (χ1) is 9.08. The molecule has 0 unspecified atom stereocenters. The summed E-state index contributed by atoms with van der Waals surface area (Å²) in [5.74, 6) is 0.462. The average molecular weight is 324 g/mol. The Labute approximate surface area is 120 Å². The van der Waals surface area contributed by atoms with E-state index in [9.17, 15) is 4.39 Å². The Hall–Kier alpha value is -1.39. The summed E-state index contributed by atoms with van der Waals surface area (Å²) >= 11 is 3.26. The van der Waals surface area contributed by atoms with Crippen LogP contribution in [0.15, 0.2) is 40.9 Å². The minimum Gasteiger partial charge on any atom is -0.489 e. The predicted octanol–water partition coefficient (Wildman–Crippen LogP) is 3.93. The second-order valence-electron chi connectivity index (χ2n) is 4.38. The van der Waals surface area contributed by atoms with Gasteiger partial charge in [-0.25, -0.2) is 4.39 Å². The molecule has 0 aliphatic heterocycles. The highest BCUT2D eigenvalue weighted by Gasteiger charge is 2.04. The van der Waals surface area contributed by atoms with E-state index in [-0.39, 0.29) is 5.82 Å².